The molecule has 0 radical (unpaired) electrons. The maximum Gasteiger partial charge on any atom is 0.227 e. The summed E-state index contributed by atoms with van der Waals surface area (Å²) in [5.41, 5.74) is 6.80. The summed E-state index contributed by atoms with van der Waals surface area (Å²) in [5, 5.41) is 3.12. The van der Waals surface area contributed by atoms with Crippen LogP contribution < -0.4 is 11.1 Å². The Morgan fingerprint density at radius 2 is 2.32 bits per heavy atom. The number of aromatic nitrogens is 1. The molecule has 0 aliphatic heterocycles. The normalized spacial score (nSPS) is 14.6. The van der Waals surface area contributed by atoms with Gasteiger partial charge in [0, 0.05) is 17.7 Å². The molecule has 1 aliphatic carbocycles. The molecular formula is C13H16N4OS. The number of fused-ring (bicyclic) bond motifs is 1. The van der Waals surface area contributed by atoms with Gasteiger partial charge in [0.15, 0.2) is 0 Å². The predicted molar refractivity (Wildman–Crippen MR) is 76.2 cm³/mol. The van der Waals surface area contributed by atoms with Gasteiger partial charge in [0.1, 0.15) is 0 Å². The molecule has 6 heteroatoms. The van der Waals surface area contributed by atoms with E-state index in [2.05, 4.69) is 21.2 Å². The number of aryl methyl sites for hydroxylation is 2. The second-order valence-corrected chi connectivity index (χ2v) is 5.38. The summed E-state index contributed by atoms with van der Waals surface area (Å²) in [4.78, 5) is 21.3. The number of aliphatic imine (C=N–C) groups is 1. The van der Waals surface area contributed by atoms with Crippen LogP contribution in [0.3, 0.4) is 0 Å². The summed E-state index contributed by atoms with van der Waals surface area (Å²) in [7, 11) is 0. The fourth-order valence-electron chi connectivity index (χ4n) is 1.91. The van der Waals surface area contributed by atoms with Gasteiger partial charge in [-0.1, -0.05) is 11.3 Å². The molecule has 0 atom stereocenters. The van der Waals surface area contributed by atoms with Crippen LogP contribution in [-0.4, -0.2) is 16.9 Å². The lowest BCUT2D eigenvalue weighted by molar-refractivity contribution is -0.119. The molecule has 100 valence electrons. The first-order valence-corrected chi connectivity index (χ1v) is 7.06. The number of hydrogen-bond acceptors (Lipinski definition) is 4. The highest BCUT2D eigenvalue weighted by Gasteiger charge is 2.15. The Kier molecular flexibility index (Phi) is 4.53. The van der Waals surface area contributed by atoms with Gasteiger partial charge < -0.3 is 5.73 Å². The molecule has 0 fully saturated rings. The van der Waals surface area contributed by atoms with E-state index in [1.807, 2.05) is 0 Å². The Balaban J connectivity index is 1.98. The summed E-state index contributed by atoms with van der Waals surface area (Å²) in [6.45, 7) is 0. The molecule has 0 aromatic carbocycles. The third kappa shape index (κ3) is 3.80. The van der Waals surface area contributed by atoms with E-state index in [4.69, 9.17) is 12.2 Å². The molecule has 0 saturated carbocycles. The van der Waals surface area contributed by atoms with Crippen LogP contribution in [0.2, 0.25) is 0 Å². The molecule has 0 spiro atoms. The minimum Gasteiger partial charge on any atom is -0.369 e. The second-order valence-electron chi connectivity index (χ2n) is 4.32. The summed E-state index contributed by atoms with van der Waals surface area (Å²) in [6, 6.07) is 0. The van der Waals surface area contributed by atoms with Crippen molar-refractivity contribution in [3.05, 3.63) is 10.6 Å². The zero-order chi connectivity index (χ0) is 13.7. The van der Waals surface area contributed by atoms with Crippen molar-refractivity contribution in [2.45, 2.75) is 38.5 Å². The average molecular weight is 276 g/mol. The van der Waals surface area contributed by atoms with Crippen molar-refractivity contribution in [3.8, 4) is 12.3 Å². The highest BCUT2D eigenvalue weighted by Crippen LogP contribution is 2.30. The zero-order valence-corrected chi connectivity index (χ0v) is 11.4. The molecule has 0 bridgehead atoms. The molecule has 0 saturated heterocycles. The lowest BCUT2D eigenvalue weighted by atomic mass is 10.0. The van der Waals surface area contributed by atoms with Gasteiger partial charge in [-0.2, -0.15) is 4.99 Å². The largest absolute Gasteiger partial charge is 0.369 e. The topological polar surface area (TPSA) is 80.4 Å². The van der Waals surface area contributed by atoms with Crippen LogP contribution in [0.1, 0.15) is 36.3 Å². The number of rotatable bonds is 3. The van der Waals surface area contributed by atoms with E-state index in [0.29, 0.717) is 11.6 Å². The molecule has 1 amide bonds. The standard InChI is InChI=1S/C13H16N4OS/c1-2-3-8-11(18)16-12(14)17-13-15-9-6-4-5-7-10(9)19-13/h1H,3-8H2,(H3,14,15,16,17,18). The number of nitrogens with zero attached hydrogens (tertiary/aromatic N) is 2. The number of carbonyl (C=O) groups excluding carboxylic acids is 1. The van der Waals surface area contributed by atoms with Gasteiger partial charge in [-0.15, -0.1) is 12.3 Å². The molecule has 5 nitrogen and oxygen atoms in total. The third-order valence-corrected chi connectivity index (χ3v) is 3.87. The van der Waals surface area contributed by atoms with E-state index in [9.17, 15) is 4.79 Å². The van der Waals surface area contributed by atoms with Crippen molar-refractivity contribution in [1.29, 1.82) is 0 Å². The van der Waals surface area contributed by atoms with Crippen LogP contribution in [0.15, 0.2) is 4.99 Å². The molecule has 3 N–H and O–H groups in total. The third-order valence-electron chi connectivity index (χ3n) is 2.81. The number of thiazole rings is 1. The van der Waals surface area contributed by atoms with Gasteiger partial charge in [-0.3, -0.25) is 10.1 Å². The highest BCUT2D eigenvalue weighted by atomic mass is 32.1. The molecule has 2 rings (SSSR count). The SMILES string of the molecule is C#CCCC(=O)NC(N)=Nc1nc2c(s1)CCCC2. The van der Waals surface area contributed by atoms with Crippen LogP contribution >= 0.6 is 11.3 Å². The zero-order valence-electron chi connectivity index (χ0n) is 10.6. The molecule has 1 aromatic rings. The first-order valence-electron chi connectivity index (χ1n) is 6.25. The van der Waals surface area contributed by atoms with Gasteiger partial charge in [0.25, 0.3) is 0 Å². The lowest BCUT2D eigenvalue weighted by Crippen LogP contribution is -2.36. The summed E-state index contributed by atoms with van der Waals surface area (Å²) in [5.74, 6) is 2.26. The number of guanidine groups is 1. The van der Waals surface area contributed by atoms with Gasteiger partial charge in [0.2, 0.25) is 17.0 Å². The summed E-state index contributed by atoms with van der Waals surface area (Å²) in [6.07, 6.45) is 10.2. The van der Waals surface area contributed by atoms with E-state index in [-0.39, 0.29) is 18.3 Å². The van der Waals surface area contributed by atoms with Gasteiger partial charge >= 0.3 is 0 Å². The fraction of sp³-hybridized carbons (Fsp3) is 0.462. The maximum absolute atomic E-state index is 11.4. The molecule has 19 heavy (non-hydrogen) atoms. The Bertz CT molecular complexity index is 518. The highest BCUT2D eigenvalue weighted by molar-refractivity contribution is 7.15. The molecule has 1 aliphatic rings. The molecule has 1 heterocycles. The first-order chi connectivity index (χ1) is 9.19. The van der Waals surface area contributed by atoms with Crippen LogP contribution in [-0.2, 0) is 17.6 Å². The Labute approximate surface area is 116 Å². The smallest absolute Gasteiger partial charge is 0.227 e. The maximum atomic E-state index is 11.4. The van der Waals surface area contributed by atoms with Crippen molar-refractivity contribution in [3.63, 3.8) is 0 Å². The number of carbonyl (C=O) groups is 1. The van der Waals surface area contributed by atoms with Crippen molar-refractivity contribution in [2.75, 3.05) is 0 Å². The van der Waals surface area contributed by atoms with E-state index in [1.54, 1.807) is 11.3 Å². The van der Waals surface area contributed by atoms with E-state index in [0.717, 1.165) is 18.5 Å². The Morgan fingerprint density at radius 1 is 1.53 bits per heavy atom. The van der Waals surface area contributed by atoms with Crippen molar-refractivity contribution >= 4 is 28.3 Å². The number of terminal acetylenes is 1. The minimum atomic E-state index is -0.222. The predicted octanol–water partition coefficient (Wildman–Crippen LogP) is 1.50. The van der Waals surface area contributed by atoms with Gasteiger partial charge in [-0.05, 0) is 25.7 Å². The minimum absolute atomic E-state index is 0.0770. The van der Waals surface area contributed by atoms with Crippen LogP contribution in [0.5, 0.6) is 0 Å². The van der Waals surface area contributed by atoms with Gasteiger partial charge in [-0.25, -0.2) is 4.98 Å². The molecular weight excluding hydrogens is 260 g/mol. The summed E-state index contributed by atoms with van der Waals surface area (Å²) >= 11 is 1.55. The van der Waals surface area contributed by atoms with Crippen molar-refractivity contribution < 1.29 is 4.79 Å². The Morgan fingerprint density at radius 3 is 3.05 bits per heavy atom. The monoisotopic (exact) mass is 276 g/mol. The van der Waals surface area contributed by atoms with Gasteiger partial charge in [0.05, 0.1) is 5.69 Å². The number of nitrogens with one attached hydrogen (secondary N) is 1. The van der Waals surface area contributed by atoms with E-state index >= 15 is 0 Å². The first kappa shape index (κ1) is 13.6. The molecule has 0 unspecified atom stereocenters. The lowest BCUT2D eigenvalue weighted by Gasteiger charge is -2.06. The summed E-state index contributed by atoms with van der Waals surface area (Å²) < 4.78 is 0. The van der Waals surface area contributed by atoms with E-state index < -0.39 is 0 Å². The number of amides is 1. The van der Waals surface area contributed by atoms with Crippen LogP contribution in [0.4, 0.5) is 5.13 Å². The quantitative estimate of drug-likeness (QED) is 0.499. The second kappa shape index (κ2) is 6.34. The van der Waals surface area contributed by atoms with E-state index in [1.165, 1.54) is 17.7 Å². The Hall–Kier alpha value is -1.87. The van der Waals surface area contributed by atoms with Crippen molar-refractivity contribution in [2.24, 2.45) is 10.7 Å². The fourth-order valence-corrected chi connectivity index (χ4v) is 2.94. The average Bonchev–Trinajstić information content (AvgIpc) is 2.78. The number of nitrogens with two attached hydrogens (primary N) is 1. The molecule has 1 aromatic heterocycles. The van der Waals surface area contributed by atoms with Crippen molar-refractivity contribution in [1.82, 2.24) is 10.3 Å². The van der Waals surface area contributed by atoms with Crippen LogP contribution in [0.25, 0.3) is 0 Å². The van der Waals surface area contributed by atoms with Crippen LogP contribution in [0, 0.1) is 12.3 Å². The number of hydrogen-bond donors (Lipinski definition) is 2.